The van der Waals surface area contributed by atoms with Crippen LogP contribution >= 0.6 is 12.6 Å². The molecule has 0 aliphatic rings. The van der Waals surface area contributed by atoms with Crippen LogP contribution in [0.25, 0.3) is 0 Å². The van der Waals surface area contributed by atoms with Gasteiger partial charge in [-0.2, -0.15) is 0 Å². The van der Waals surface area contributed by atoms with Crippen LogP contribution in [0, 0.1) is 0 Å². The molecule has 0 saturated carbocycles. The minimum atomic E-state index is 0.775. The molecule has 0 saturated heterocycles. The smallest absolute Gasteiger partial charge is 0.00833 e. The zero-order valence-corrected chi connectivity index (χ0v) is 6.13. The summed E-state index contributed by atoms with van der Waals surface area (Å²) in [6.45, 7) is 5.55. The zero-order chi connectivity index (χ0) is 6.57. The van der Waals surface area contributed by atoms with Crippen molar-refractivity contribution in [1.82, 2.24) is 5.32 Å². The van der Waals surface area contributed by atoms with Gasteiger partial charge in [0.05, 0.1) is 0 Å². The van der Waals surface area contributed by atoms with E-state index in [4.69, 9.17) is 0 Å². The van der Waals surface area contributed by atoms with E-state index in [2.05, 4.69) is 24.5 Å². The molecule has 0 aromatic heterocycles. The molecule has 0 aromatic carbocycles. The van der Waals surface area contributed by atoms with Gasteiger partial charge < -0.3 is 5.32 Å². The molecule has 1 nitrogen and oxygen atoms in total. The molecule has 0 aliphatic carbocycles. The Morgan fingerprint density at radius 2 is 2.25 bits per heavy atom. The second kappa shape index (κ2) is 3.61. The SMILES string of the molecule is C=C(S)/C=C(\C)NC. The average molecular weight is 129 g/mol. The third kappa shape index (κ3) is 3.81. The molecule has 0 radical (unpaired) electrons. The minimum absolute atomic E-state index is 0.775. The quantitative estimate of drug-likeness (QED) is 0.426. The van der Waals surface area contributed by atoms with Crippen LogP contribution in [0.3, 0.4) is 0 Å². The van der Waals surface area contributed by atoms with Gasteiger partial charge in [-0.3, -0.25) is 0 Å². The van der Waals surface area contributed by atoms with Crippen molar-refractivity contribution in [2.45, 2.75) is 6.92 Å². The molecule has 0 spiro atoms. The third-order valence-electron chi connectivity index (χ3n) is 0.777. The fourth-order valence-corrected chi connectivity index (χ4v) is 0.516. The zero-order valence-electron chi connectivity index (χ0n) is 5.23. The van der Waals surface area contributed by atoms with Gasteiger partial charge in [-0.05, 0) is 17.9 Å². The number of rotatable bonds is 2. The lowest BCUT2D eigenvalue weighted by molar-refractivity contribution is 0.990. The Bertz CT molecular complexity index is 116. The summed E-state index contributed by atoms with van der Waals surface area (Å²) in [5.41, 5.74) is 1.07. The van der Waals surface area contributed by atoms with Gasteiger partial charge >= 0.3 is 0 Å². The fraction of sp³-hybridized carbons (Fsp3) is 0.333. The molecule has 1 N–H and O–H groups in total. The lowest BCUT2D eigenvalue weighted by Crippen LogP contribution is -2.00. The summed E-state index contributed by atoms with van der Waals surface area (Å²) in [6, 6.07) is 0. The van der Waals surface area contributed by atoms with Gasteiger partial charge in [-0.15, -0.1) is 12.6 Å². The molecule has 0 unspecified atom stereocenters. The molecule has 0 bridgehead atoms. The Hall–Kier alpha value is -0.370. The summed E-state index contributed by atoms with van der Waals surface area (Å²) in [6.07, 6.45) is 1.86. The monoisotopic (exact) mass is 129 g/mol. The maximum atomic E-state index is 3.98. The van der Waals surface area contributed by atoms with Crippen molar-refractivity contribution in [2.75, 3.05) is 7.05 Å². The summed E-state index contributed by atoms with van der Waals surface area (Å²) in [4.78, 5) is 0.775. The highest BCUT2D eigenvalue weighted by Gasteiger charge is 1.79. The molecule has 0 rings (SSSR count). The third-order valence-corrected chi connectivity index (χ3v) is 0.907. The van der Waals surface area contributed by atoms with Gasteiger partial charge in [0.25, 0.3) is 0 Å². The maximum Gasteiger partial charge on any atom is 0.00833 e. The standard InChI is InChI=1S/C6H11NS/c1-5(7-3)4-6(2)8/h4,7-8H,2H2,1,3H3/b5-4+. The number of hydrogen-bond donors (Lipinski definition) is 2. The largest absolute Gasteiger partial charge is 0.392 e. The molecule has 0 amide bonds. The van der Waals surface area contributed by atoms with Gasteiger partial charge in [0.2, 0.25) is 0 Å². The van der Waals surface area contributed by atoms with Crippen LogP contribution in [0.4, 0.5) is 0 Å². The van der Waals surface area contributed by atoms with E-state index in [1.165, 1.54) is 0 Å². The second-order valence-corrected chi connectivity index (χ2v) is 2.14. The van der Waals surface area contributed by atoms with E-state index < -0.39 is 0 Å². The summed E-state index contributed by atoms with van der Waals surface area (Å²) < 4.78 is 0. The van der Waals surface area contributed by atoms with Gasteiger partial charge in [0, 0.05) is 12.7 Å². The van der Waals surface area contributed by atoms with Crippen molar-refractivity contribution in [3.8, 4) is 0 Å². The van der Waals surface area contributed by atoms with Crippen LogP contribution in [-0.2, 0) is 0 Å². The molecule has 46 valence electrons. The first-order chi connectivity index (χ1) is 3.66. The highest BCUT2D eigenvalue weighted by atomic mass is 32.1. The van der Waals surface area contributed by atoms with Crippen LogP contribution in [0.15, 0.2) is 23.3 Å². The van der Waals surface area contributed by atoms with Crippen LogP contribution in [-0.4, -0.2) is 7.05 Å². The van der Waals surface area contributed by atoms with E-state index >= 15 is 0 Å². The van der Waals surface area contributed by atoms with E-state index in [-0.39, 0.29) is 0 Å². The Morgan fingerprint density at radius 3 is 2.38 bits per heavy atom. The average Bonchev–Trinajstić information content (AvgIpc) is 1.65. The number of nitrogens with one attached hydrogen (secondary N) is 1. The number of thiol groups is 1. The Labute approximate surface area is 55.9 Å². The predicted octanol–water partition coefficient (Wildman–Crippen LogP) is 1.55. The van der Waals surface area contributed by atoms with Crippen LogP contribution in [0.2, 0.25) is 0 Å². The van der Waals surface area contributed by atoms with E-state index in [1.807, 2.05) is 20.0 Å². The van der Waals surface area contributed by atoms with Crippen molar-refractivity contribution in [3.63, 3.8) is 0 Å². The Balaban J connectivity index is 3.75. The van der Waals surface area contributed by atoms with Crippen LogP contribution in [0.1, 0.15) is 6.92 Å². The maximum absolute atomic E-state index is 3.98. The molecule has 0 aromatic rings. The summed E-state index contributed by atoms with van der Waals surface area (Å²) in [5, 5.41) is 2.95. The van der Waals surface area contributed by atoms with Gasteiger partial charge in [0.15, 0.2) is 0 Å². The van der Waals surface area contributed by atoms with E-state index in [0.717, 1.165) is 10.6 Å². The van der Waals surface area contributed by atoms with Gasteiger partial charge in [0.1, 0.15) is 0 Å². The highest BCUT2D eigenvalue weighted by Crippen LogP contribution is 1.99. The molecule has 0 aliphatic heterocycles. The normalized spacial score (nSPS) is 11.1. The second-order valence-electron chi connectivity index (χ2n) is 1.57. The van der Waals surface area contributed by atoms with Crippen molar-refractivity contribution in [3.05, 3.63) is 23.3 Å². The van der Waals surface area contributed by atoms with E-state index in [9.17, 15) is 0 Å². The van der Waals surface area contributed by atoms with Crippen LogP contribution < -0.4 is 5.32 Å². The predicted molar refractivity (Wildman–Crippen MR) is 40.9 cm³/mol. The first-order valence-corrected chi connectivity index (χ1v) is 2.85. The number of hydrogen-bond acceptors (Lipinski definition) is 2. The lowest BCUT2D eigenvalue weighted by Gasteiger charge is -1.95. The summed E-state index contributed by atoms with van der Waals surface area (Å²) in [7, 11) is 1.86. The molecule has 0 fully saturated rings. The molecule has 0 heterocycles. The van der Waals surface area contributed by atoms with Crippen molar-refractivity contribution >= 4 is 12.6 Å². The molecule has 8 heavy (non-hydrogen) atoms. The lowest BCUT2D eigenvalue weighted by atomic mass is 10.4. The molecular weight excluding hydrogens is 118 g/mol. The molecule has 2 heteroatoms. The van der Waals surface area contributed by atoms with E-state index in [0.29, 0.717) is 0 Å². The first kappa shape index (κ1) is 7.63. The molecular formula is C6H11NS. The fourth-order valence-electron chi connectivity index (χ4n) is 0.322. The van der Waals surface area contributed by atoms with E-state index in [1.54, 1.807) is 0 Å². The topological polar surface area (TPSA) is 12.0 Å². The van der Waals surface area contributed by atoms with Gasteiger partial charge in [-0.1, -0.05) is 6.58 Å². The van der Waals surface area contributed by atoms with Crippen molar-refractivity contribution < 1.29 is 0 Å². The Kier molecular flexibility index (Phi) is 3.44. The number of allylic oxidation sites excluding steroid dienone is 2. The van der Waals surface area contributed by atoms with Crippen molar-refractivity contribution in [1.29, 1.82) is 0 Å². The molecule has 0 atom stereocenters. The van der Waals surface area contributed by atoms with Gasteiger partial charge in [-0.25, -0.2) is 0 Å². The highest BCUT2D eigenvalue weighted by molar-refractivity contribution is 7.84. The minimum Gasteiger partial charge on any atom is -0.392 e. The van der Waals surface area contributed by atoms with Crippen molar-refractivity contribution in [2.24, 2.45) is 0 Å². The summed E-state index contributed by atoms with van der Waals surface area (Å²) >= 11 is 3.98. The first-order valence-electron chi connectivity index (χ1n) is 2.40. The van der Waals surface area contributed by atoms with Crippen LogP contribution in [0.5, 0.6) is 0 Å². The Morgan fingerprint density at radius 1 is 1.75 bits per heavy atom. The summed E-state index contributed by atoms with van der Waals surface area (Å²) in [5.74, 6) is 0.